The molecular formula is C14H23N3. The molecule has 17 heavy (non-hydrogen) atoms. The van der Waals surface area contributed by atoms with E-state index < -0.39 is 0 Å². The van der Waals surface area contributed by atoms with E-state index in [9.17, 15) is 0 Å². The van der Waals surface area contributed by atoms with Gasteiger partial charge in [-0.2, -0.15) is 0 Å². The molecular weight excluding hydrogens is 210 g/mol. The maximum absolute atomic E-state index is 4.23. The number of rotatable bonds is 6. The van der Waals surface area contributed by atoms with Crippen LogP contribution in [0.25, 0.3) is 0 Å². The van der Waals surface area contributed by atoms with Gasteiger partial charge < -0.3 is 10.2 Å². The van der Waals surface area contributed by atoms with E-state index in [0.29, 0.717) is 6.04 Å². The maximum Gasteiger partial charge on any atom is 0.0440 e. The molecule has 3 heteroatoms. The monoisotopic (exact) mass is 233 g/mol. The van der Waals surface area contributed by atoms with E-state index in [2.05, 4.69) is 42.2 Å². The number of pyridine rings is 1. The van der Waals surface area contributed by atoms with Gasteiger partial charge >= 0.3 is 0 Å². The predicted molar refractivity (Wildman–Crippen MR) is 72.2 cm³/mol. The third kappa shape index (κ3) is 3.70. The molecule has 1 heterocycles. The number of anilines is 1. The molecule has 1 aromatic heterocycles. The maximum atomic E-state index is 4.23. The van der Waals surface area contributed by atoms with Crippen molar-refractivity contribution in [2.75, 3.05) is 18.5 Å². The Balaban J connectivity index is 2.02. The van der Waals surface area contributed by atoms with Gasteiger partial charge in [-0.1, -0.05) is 13.8 Å². The Hall–Kier alpha value is -1.09. The largest absolute Gasteiger partial charge is 0.374 e. The van der Waals surface area contributed by atoms with Gasteiger partial charge in [-0.05, 0) is 24.8 Å². The van der Waals surface area contributed by atoms with Gasteiger partial charge in [-0.25, -0.2) is 0 Å². The van der Waals surface area contributed by atoms with E-state index in [1.54, 1.807) is 0 Å². The number of nitrogens with one attached hydrogen (secondary N) is 1. The molecule has 0 spiro atoms. The first-order valence-corrected chi connectivity index (χ1v) is 6.54. The Bertz CT molecular complexity index is 358. The summed E-state index contributed by atoms with van der Waals surface area (Å²) < 4.78 is 0. The smallest absolute Gasteiger partial charge is 0.0440 e. The Labute approximate surface area is 104 Å². The molecule has 94 valence electrons. The van der Waals surface area contributed by atoms with E-state index in [1.807, 2.05) is 12.4 Å². The Morgan fingerprint density at radius 3 is 2.88 bits per heavy atom. The topological polar surface area (TPSA) is 28.2 Å². The zero-order chi connectivity index (χ0) is 12.3. The fraction of sp³-hybridized carbons (Fsp3) is 0.643. The molecule has 1 N–H and O–H groups in total. The molecule has 0 bridgehead atoms. The van der Waals surface area contributed by atoms with Crippen LogP contribution in [-0.4, -0.2) is 24.6 Å². The number of nitrogens with zero attached hydrogens (tertiary/aromatic N) is 2. The SMILES string of the molecule is CC(C)NCc1cnccc1N(C)CC1CC1. The lowest BCUT2D eigenvalue weighted by Gasteiger charge is -2.22. The lowest BCUT2D eigenvalue weighted by Crippen LogP contribution is -2.26. The van der Waals surface area contributed by atoms with Crippen LogP contribution < -0.4 is 10.2 Å². The lowest BCUT2D eigenvalue weighted by atomic mass is 10.2. The van der Waals surface area contributed by atoms with Crippen LogP contribution >= 0.6 is 0 Å². The summed E-state index contributed by atoms with van der Waals surface area (Å²) in [5, 5.41) is 3.46. The van der Waals surface area contributed by atoms with Crippen molar-refractivity contribution in [3.05, 3.63) is 24.0 Å². The van der Waals surface area contributed by atoms with Crippen molar-refractivity contribution in [1.82, 2.24) is 10.3 Å². The summed E-state index contributed by atoms with van der Waals surface area (Å²) in [6.45, 7) is 6.42. The molecule has 1 aliphatic rings. The average molecular weight is 233 g/mol. The molecule has 1 aliphatic carbocycles. The van der Waals surface area contributed by atoms with Crippen LogP contribution in [0.3, 0.4) is 0 Å². The van der Waals surface area contributed by atoms with Gasteiger partial charge in [0.25, 0.3) is 0 Å². The zero-order valence-electron chi connectivity index (χ0n) is 11.1. The zero-order valence-corrected chi connectivity index (χ0v) is 11.1. The highest BCUT2D eigenvalue weighted by atomic mass is 15.1. The average Bonchev–Trinajstić information content (AvgIpc) is 3.10. The van der Waals surface area contributed by atoms with Crippen LogP contribution in [0.2, 0.25) is 0 Å². The molecule has 0 saturated heterocycles. The van der Waals surface area contributed by atoms with Crippen molar-refractivity contribution >= 4 is 5.69 Å². The van der Waals surface area contributed by atoms with Crippen LogP contribution in [0.1, 0.15) is 32.3 Å². The second-order valence-corrected chi connectivity index (χ2v) is 5.36. The molecule has 0 aromatic carbocycles. The van der Waals surface area contributed by atoms with E-state index in [4.69, 9.17) is 0 Å². The quantitative estimate of drug-likeness (QED) is 0.818. The summed E-state index contributed by atoms with van der Waals surface area (Å²) in [6, 6.07) is 2.64. The predicted octanol–water partition coefficient (Wildman–Crippen LogP) is 2.43. The fourth-order valence-corrected chi connectivity index (χ4v) is 2.03. The third-order valence-corrected chi connectivity index (χ3v) is 3.22. The van der Waals surface area contributed by atoms with Crippen molar-refractivity contribution in [2.24, 2.45) is 5.92 Å². The molecule has 1 fully saturated rings. The van der Waals surface area contributed by atoms with Gasteiger partial charge in [0.15, 0.2) is 0 Å². The highest BCUT2D eigenvalue weighted by molar-refractivity contribution is 5.51. The minimum atomic E-state index is 0.511. The second-order valence-electron chi connectivity index (χ2n) is 5.36. The van der Waals surface area contributed by atoms with Gasteiger partial charge in [0, 0.05) is 49.8 Å². The first-order chi connectivity index (χ1) is 8.16. The molecule has 1 aromatic rings. The van der Waals surface area contributed by atoms with Gasteiger partial charge in [0.05, 0.1) is 0 Å². The molecule has 0 radical (unpaired) electrons. The summed E-state index contributed by atoms with van der Waals surface area (Å²) in [5.74, 6) is 0.916. The van der Waals surface area contributed by atoms with Gasteiger partial charge in [-0.3, -0.25) is 4.98 Å². The van der Waals surface area contributed by atoms with E-state index >= 15 is 0 Å². The van der Waals surface area contributed by atoms with Crippen LogP contribution in [0.5, 0.6) is 0 Å². The lowest BCUT2D eigenvalue weighted by molar-refractivity contribution is 0.587. The Kier molecular flexibility index (Phi) is 4.00. The van der Waals surface area contributed by atoms with Crippen molar-refractivity contribution < 1.29 is 0 Å². The molecule has 0 aliphatic heterocycles. The van der Waals surface area contributed by atoms with Crippen molar-refractivity contribution in [3.63, 3.8) is 0 Å². The molecule has 0 unspecified atom stereocenters. The third-order valence-electron chi connectivity index (χ3n) is 3.22. The van der Waals surface area contributed by atoms with Crippen LogP contribution in [0.15, 0.2) is 18.5 Å². The Morgan fingerprint density at radius 1 is 1.47 bits per heavy atom. The molecule has 0 amide bonds. The van der Waals surface area contributed by atoms with Gasteiger partial charge in [0.1, 0.15) is 0 Å². The standard InChI is InChI=1S/C14H23N3/c1-11(2)16-9-13-8-15-7-6-14(13)17(3)10-12-4-5-12/h6-8,11-12,16H,4-5,9-10H2,1-3H3. The summed E-state index contributed by atoms with van der Waals surface area (Å²) in [4.78, 5) is 6.61. The first kappa shape index (κ1) is 12.4. The van der Waals surface area contributed by atoms with Crippen LogP contribution in [0, 0.1) is 5.92 Å². The van der Waals surface area contributed by atoms with Gasteiger partial charge in [0.2, 0.25) is 0 Å². The van der Waals surface area contributed by atoms with Crippen LogP contribution in [0.4, 0.5) is 5.69 Å². The number of aromatic nitrogens is 1. The highest BCUT2D eigenvalue weighted by Gasteiger charge is 2.23. The molecule has 0 atom stereocenters. The van der Waals surface area contributed by atoms with Crippen LogP contribution in [-0.2, 0) is 6.54 Å². The molecule has 1 saturated carbocycles. The minimum Gasteiger partial charge on any atom is -0.374 e. The Morgan fingerprint density at radius 2 is 2.24 bits per heavy atom. The van der Waals surface area contributed by atoms with Gasteiger partial charge in [-0.15, -0.1) is 0 Å². The van der Waals surface area contributed by atoms with Crippen molar-refractivity contribution in [3.8, 4) is 0 Å². The number of hydrogen-bond acceptors (Lipinski definition) is 3. The molecule has 3 nitrogen and oxygen atoms in total. The highest BCUT2D eigenvalue weighted by Crippen LogP contribution is 2.31. The normalized spacial score (nSPS) is 15.3. The van der Waals surface area contributed by atoms with Crippen molar-refractivity contribution in [2.45, 2.75) is 39.3 Å². The summed E-state index contributed by atoms with van der Waals surface area (Å²) in [7, 11) is 2.19. The summed E-state index contributed by atoms with van der Waals surface area (Å²) >= 11 is 0. The van der Waals surface area contributed by atoms with Crippen molar-refractivity contribution in [1.29, 1.82) is 0 Å². The summed E-state index contributed by atoms with van der Waals surface area (Å²) in [6.07, 6.45) is 6.66. The van der Waals surface area contributed by atoms with E-state index in [1.165, 1.54) is 30.6 Å². The van der Waals surface area contributed by atoms with E-state index in [-0.39, 0.29) is 0 Å². The molecule has 2 rings (SSSR count). The minimum absolute atomic E-state index is 0.511. The van der Waals surface area contributed by atoms with E-state index in [0.717, 1.165) is 12.5 Å². The fourth-order valence-electron chi connectivity index (χ4n) is 2.03. The first-order valence-electron chi connectivity index (χ1n) is 6.54. The second kappa shape index (κ2) is 5.50. The number of hydrogen-bond donors (Lipinski definition) is 1. The summed E-state index contributed by atoms with van der Waals surface area (Å²) in [5.41, 5.74) is 2.62.